The van der Waals surface area contributed by atoms with Gasteiger partial charge in [-0.25, -0.2) is 0 Å². The zero-order valence-electron chi connectivity index (χ0n) is 11.2. The van der Waals surface area contributed by atoms with Crippen LogP contribution in [0.1, 0.15) is 0 Å². The number of aromatic nitrogens is 2. The quantitative estimate of drug-likeness (QED) is 0.564. The topological polar surface area (TPSA) is 92.0 Å². The van der Waals surface area contributed by atoms with E-state index in [0.29, 0.717) is 16.8 Å². The molecule has 0 radical (unpaired) electrons. The van der Waals surface area contributed by atoms with Crippen molar-refractivity contribution in [3.05, 3.63) is 63.8 Å². The van der Waals surface area contributed by atoms with Crippen LogP contribution >= 0.6 is 11.6 Å². The zero-order valence-corrected chi connectivity index (χ0v) is 11.9. The van der Waals surface area contributed by atoms with Gasteiger partial charge in [0.2, 0.25) is 0 Å². The van der Waals surface area contributed by atoms with Gasteiger partial charge in [0.05, 0.1) is 21.8 Å². The second-order valence-electron chi connectivity index (χ2n) is 4.63. The van der Waals surface area contributed by atoms with E-state index in [4.69, 9.17) is 11.6 Å². The highest BCUT2D eigenvalue weighted by molar-refractivity contribution is 6.33. The van der Waals surface area contributed by atoms with Crippen molar-refractivity contribution < 1.29 is 10.0 Å². The predicted molar refractivity (Wildman–Crippen MR) is 82.8 cm³/mol. The first-order valence-corrected chi connectivity index (χ1v) is 6.71. The fourth-order valence-corrected chi connectivity index (χ4v) is 2.48. The average Bonchev–Trinajstić information content (AvgIpc) is 2.96. The molecule has 0 unspecified atom stereocenters. The number of phenols is 1. The average molecular weight is 316 g/mol. The van der Waals surface area contributed by atoms with Gasteiger partial charge in [-0.1, -0.05) is 23.7 Å². The minimum absolute atomic E-state index is 0.0730. The molecule has 0 amide bonds. The summed E-state index contributed by atoms with van der Waals surface area (Å²) in [5.41, 5.74) is 2.66. The molecule has 0 bridgehead atoms. The molecule has 110 valence electrons. The summed E-state index contributed by atoms with van der Waals surface area (Å²) in [7, 11) is 0. The van der Waals surface area contributed by atoms with E-state index in [9.17, 15) is 15.2 Å². The molecule has 0 atom stereocenters. The smallest absolute Gasteiger partial charge is 0.270 e. The first-order chi connectivity index (χ1) is 10.6. The van der Waals surface area contributed by atoms with Gasteiger partial charge >= 0.3 is 0 Å². The van der Waals surface area contributed by atoms with Crippen molar-refractivity contribution in [2.75, 3.05) is 0 Å². The van der Waals surface area contributed by atoms with E-state index in [1.54, 1.807) is 30.5 Å². The minimum atomic E-state index is -0.499. The van der Waals surface area contributed by atoms with Crippen LogP contribution in [0.3, 0.4) is 0 Å². The van der Waals surface area contributed by atoms with Crippen LogP contribution in [0.4, 0.5) is 5.69 Å². The number of hydrogen-bond acceptors (Lipinski definition) is 4. The Hall–Kier alpha value is -2.86. The standard InChI is InChI=1S/C15H10ClN3O3/c16-14-7-10(19(21)22)4-5-12(14)13-8-17-18-15(13)9-2-1-3-11(20)6-9/h1-8,20H,(H,17,18). The van der Waals surface area contributed by atoms with Crippen molar-refractivity contribution in [1.29, 1.82) is 0 Å². The van der Waals surface area contributed by atoms with Crippen LogP contribution in [-0.2, 0) is 0 Å². The van der Waals surface area contributed by atoms with Crippen molar-refractivity contribution >= 4 is 17.3 Å². The summed E-state index contributed by atoms with van der Waals surface area (Å²) in [4.78, 5) is 10.3. The van der Waals surface area contributed by atoms with Gasteiger partial charge in [0.1, 0.15) is 5.75 Å². The Bertz CT molecular complexity index is 861. The third-order valence-electron chi connectivity index (χ3n) is 3.23. The number of halogens is 1. The van der Waals surface area contributed by atoms with E-state index < -0.39 is 4.92 Å². The number of nitrogens with one attached hydrogen (secondary N) is 1. The number of nitro benzene ring substituents is 1. The van der Waals surface area contributed by atoms with Crippen LogP contribution in [0.5, 0.6) is 5.75 Å². The molecule has 2 N–H and O–H groups in total. The van der Waals surface area contributed by atoms with Gasteiger partial charge < -0.3 is 5.11 Å². The van der Waals surface area contributed by atoms with Crippen LogP contribution in [0.25, 0.3) is 22.4 Å². The van der Waals surface area contributed by atoms with Crippen molar-refractivity contribution in [2.24, 2.45) is 0 Å². The molecule has 0 spiro atoms. The highest BCUT2D eigenvalue weighted by Crippen LogP contribution is 2.36. The summed E-state index contributed by atoms with van der Waals surface area (Å²) in [6.07, 6.45) is 1.59. The fraction of sp³-hybridized carbons (Fsp3) is 0. The Morgan fingerprint density at radius 1 is 1.18 bits per heavy atom. The number of aromatic hydroxyl groups is 1. The summed E-state index contributed by atoms with van der Waals surface area (Å²) in [6, 6.07) is 11.0. The van der Waals surface area contributed by atoms with E-state index >= 15 is 0 Å². The lowest BCUT2D eigenvalue weighted by Gasteiger charge is -2.06. The number of non-ortho nitro benzene ring substituents is 1. The SMILES string of the molecule is O=[N+]([O-])c1ccc(-c2cn[nH]c2-c2cccc(O)c2)c(Cl)c1. The van der Waals surface area contributed by atoms with Crippen LogP contribution in [0, 0.1) is 10.1 Å². The Morgan fingerprint density at radius 2 is 2.00 bits per heavy atom. The molecule has 7 heteroatoms. The van der Waals surface area contributed by atoms with Crippen LogP contribution in [-0.4, -0.2) is 20.2 Å². The van der Waals surface area contributed by atoms with Crippen molar-refractivity contribution in [3.63, 3.8) is 0 Å². The third-order valence-corrected chi connectivity index (χ3v) is 3.54. The predicted octanol–water partition coefficient (Wildman–Crippen LogP) is 4.01. The minimum Gasteiger partial charge on any atom is -0.508 e. The van der Waals surface area contributed by atoms with Crippen molar-refractivity contribution in [3.8, 4) is 28.1 Å². The first kappa shape index (κ1) is 14.1. The summed E-state index contributed by atoms with van der Waals surface area (Å²) >= 11 is 6.16. The molecule has 3 rings (SSSR count). The molecule has 0 aliphatic carbocycles. The lowest BCUT2D eigenvalue weighted by atomic mass is 10.0. The summed E-state index contributed by atoms with van der Waals surface area (Å²) in [5, 5.41) is 27.5. The van der Waals surface area contributed by atoms with Crippen LogP contribution < -0.4 is 0 Å². The summed E-state index contributed by atoms with van der Waals surface area (Å²) in [5.74, 6) is 0.132. The van der Waals surface area contributed by atoms with E-state index in [1.807, 2.05) is 6.07 Å². The van der Waals surface area contributed by atoms with Crippen LogP contribution in [0.2, 0.25) is 5.02 Å². The molecule has 6 nitrogen and oxygen atoms in total. The third kappa shape index (κ3) is 2.51. The summed E-state index contributed by atoms with van der Waals surface area (Å²) < 4.78 is 0. The van der Waals surface area contributed by atoms with Crippen LogP contribution in [0.15, 0.2) is 48.7 Å². The van der Waals surface area contributed by atoms with Gasteiger partial charge in [0.15, 0.2) is 0 Å². The molecule has 2 aromatic carbocycles. The van der Waals surface area contributed by atoms with Gasteiger partial charge in [-0.15, -0.1) is 0 Å². The number of phenolic OH excluding ortho intramolecular Hbond substituents is 1. The number of H-pyrrole nitrogens is 1. The number of aromatic amines is 1. The van der Waals surface area contributed by atoms with Crippen molar-refractivity contribution in [2.45, 2.75) is 0 Å². The Balaban J connectivity index is 2.11. The lowest BCUT2D eigenvalue weighted by Crippen LogP contribution is -1.89. The molecule has 0 saturated carbocycles. The second-order valence-corrected chi connectivity index (χ2v) is 5.04. The molecular weight excluding hydrogens is 306 g/mol. The fourth-order valence-electron chi connectivity index (χ4n) is 2.21. The van der Waals surface area contributed by atoms with Gasteiger partial charge in [0, 0.05) is 28.8 Å². The monoisotopic (exact) mass is 315 g/mol. The molecule has 22 heavy (non-hydrogen) atoms. The maximum absolute atomic E-state index is 10.8. The van der Waals surface area contributed by atoms with E-state index in [-0.39, 0.29) is 16.5 Å². The molecule has 3 aromatic rings. The van der Waals surface area contributed by atoms with Gasteiger partial charge in [-0.3, -0.25) is 15.2 Å². The Kier molecular flexibility index (Phi) is 3.52. The van der Waals surface area contributed by atoms with E-state index in [0.717, 1.165) is 5.56 Å². The maximum Gasteiger partial charge on any atom is 0.270 e. The van der Waals surface area contributed by atoms with Gasteiger partial charge in [-0.2, -0.15) is 5.10 Å². The maximum atomic E-state index is 10.8. The van der Waals surface area contributed by atoms with E-state index in [2.05, 4.69) is 10.2 Å². The number of benzene rings is 2. The normalized spacial score (nSPS) is 10.6. The number of nitro groups is 1. The number of nitrogens with zero attached hydrogens (tertiary/aromatic N) is 2. The molecule has 1 heterocycles. The summed E-state index contributed by atoms with van der Waals surface area (Å²) in [6.45, 7) is 0. The first-order valence-electron chi connectivity index (χ1n) is 6.33. The molecule has 0 saturated heterocycles. The van der Waals surface area contributed by atoms with Gasteiger partial charge in [0.25, 0.3) is 5.69 Å². The molecule has 0 fully saturated rings. The van der Waals surface area contributed by atoms with Gasteiger partial charge in [-0.05, 0) is 18.2 Å². The zero-order chi connectivity index (χ0) is 15.7. The van der Waals surface area contributed by atoms with E-state index in [1.165, 1.54) is 12.1 Å². The molecule has 0 aliphatic rings. The highest BCUT2D eigenvalue weighted by atomic mass is 35.5. The molecular formula is C15H10ClN3O3. The largest absolute Gasteiger partial charge is 0.508 e. The molecule has 1 aromatic heterocycles. The molecule has 0 aliphatic heterocycles. The lowest BCUT2D eigenvalue weighted by molar-refractivity contribution is -0.384. The van der Waals surface area contributed by atoms with Crippen molar-refractivity contribution in [1.82, 2.24) is 10.2 Å². The number of hydrogen-bond donors (Lipinski definition) is 2. The Labute approximate surface area is 130 Å². The number of rotatable bonds is 3. The second kappa shape index (κ2) is 5.50. The highest BCUT2D eigenvalue weighted by Gasteiger charge is 2.16. The Morgan fingerprint density at radius 3 is 2.68 bits per heavy atom.